The molecule has 0 amide bonds. The van der Waals surface area contributed by atoms with E-state index in [-0.39, 0.29) is 5.82 Å². The Kier molecular flexibility index (Phi) is 3.97. The van der Waals surface area contributed by atoms with Gasteiger partial charge in [-0.25, -0.2) is 8.91 Å². The Hall–Kier alpha value is -2.20. The summed E-state index contributed by atoms with van der Waals surface area (Å²) in [5.74, 6) is -0.189. The summed E-state index contributed by atoms with van der Waals surface area (Å²) in [5.41, 5.74) is 3.44. The Morgan fingerprint density at radius 1 is 1.19 bits per heavy atom. The number of nitrogens with one attached hydrogen (secondary N) is 1. The fourth-order valence-corrected chi connectivity index (χ4v) is 2.45. The highest BCUT2D eigenvalue weighted by atomic mass is 19.1. The molecular weight excluding hydrogens is 265 g/mol. The van der Waals surface area contributed by atoms with Gasteiger partial charge in [0.05, 0.1) is 11.7 Å². The summed E-state index contributed by atoms with van der Waals surface area (Å²) in [4.78, 5) is 0. The zero-order valence-corrected chi connectivity index (χ0v) is 12.0. The number of hydrogen-bond donors (Lipinski definition) is 1. The third kappa shape index (κ3) is 3.28. The number of aromatic nitrogens is 2. The normalized spacial score (nSPS) is 12.7. The molecule has 0 radical (unpaired) electrons. The van der Waals surface area contributed by atoms with Gasteiger partial charge in [0.1, 0.15) is 5.82 Å². The van der Waals surface area contributed by atoms with Crippen molar-refractivity contribution in [2.45, 2.75) is 25.9 Å². The van der Waals surface area contributed by atoms with E-state index < -0.39 is 0 Å². The maximum Gasteiger partial charge on any atom is 0.123 e. The molecule has 3 rings (SSSR count). The van der Waals surface area contributed by atoms with Crippen molar-refractivity contribution in [3.05, 3.63) is 71.8 Å². The average molecular weight is 283 g/mol. The molecule has 1 N–H and O–H groups in total. The van der Waals surface area contributed by atoms with Gasteiger partial charge in [0.25, 0.3) is 0 Å². The van der Waals surface area contributed by atoms with Crippen LogP contribution in [0.4, 0.5) is 4.39 Å². The Morgan fingerprint density at radius 2 is 2.00 bits per heavy atom. The van der Waals surface area contributed by atoms with E-state index in [0.29, 0.717) is 6.04 Å². The predicted molar refractivity (Wildman–Crippen MR) is 81.6 cm³/mol. The molecular formula is C17H18FN3. The zero-order chi connectivity index (χ0) is 14.7. The van der Waals surface area contributed by atoms with Crippen molar-refractivity contribution in [1.82, 2.24) is 14.9 Å². The molecule has 0 saturated carbocycles. The molecule has 0 fully saturated rings. The lowest BCUT2D eigenvalue weighted by molar-refractivity contribution is 0.546. The maximum absolute atomic E-state index is 12.9. The monoisotopic (exact) mass is 283 g/mol. The molecule has 1 unspecified atom stereocenters. The first-order valence-electron chi connectivity index (χ1n) is 7.11. The Morgan fingerprint density at radius 3 is 2.81 bits per heavy atom. The lowest BCUT2D eigenvalue weighted by atomic mass is 10.1. The van der Waals surface area contributed by atoms with Gasteiger partial charge in [-0.05, 0) is 43.2 Å². The number of nitrogens with zero attached hydrogens (tertiary/aromatic N) is 2. The van der Waals surface area contributed by atoms with E-state index in [2.05, 4.69) is 23.4 Å². The van der Waals surface area contributed by atoms with Crippen molar-refractivity contribution >= 4 is 5.52 Å². The van der Waals surface area contributed by atoms with Gasteiger partial charge < -0.3 is 5.32 Å². The van der Waals surface area contributed by atoms with E-state index in [9.17, 15) is 4.39 Å². The van der Waals surface area contributed by atoms with Crippen LogP contribution in [-0.4, -0.2) is 15.7 Å². The number of hydrogen-bond acceptors (Lipinski definition) is 2. The standard InChI is InChI=1S/C17H18FN3/c1-13(10-14-5-7-16(18)8-6-14)19-11-15-12-20-21-9-3-2-4-17(15)21/h2-9,12-13,19H,10-11H2,1H3. The highest BCUT2D eigenvalue weighted by molar-refractivity contribution is 5.53. The first kappa shape index (κ1) is 13.8. The van der Waals surface area contributed by atoms with Crippen LogP contribution >= 0.6 is 0 Å². The number of halogens is 1. The molecule has 2 aromatic heterocycles. The van der Waals surface area contributed by atoms with Gasteiger partial charge in [-0.15, -0.1) is 0 Å². The second-order valence-corrected chi connectivity index (χ2v) is 5.31. The van der Waals surface area contributed by atoms with Gasteiger partial charge in [-0.1, -0.05) is 18.2 Å². The van der Waals surface area contributed by atoms with Crippen LogP contribution in [0.15, 0.2) is 54.9 Å². The van der Waals surface area contributed by atoms with Gasteiger partial charge in [0, 0.05) is 24.3 Å². The molecule has 0 saturated heterocycles. The van der Waals surface area contributed by atoms with E-state index in [0.717, 1.165) is 24.0 Å². The average Bonchev–Trinajstić information content (AvgIpc) is 2.91. The first-order chi connectivity index (χ1) is 10.2. The van der Waals surface area contributed by atoms with Crippen LogP contribution in [-0.2, 0) is 13.0 Å². The van der Waals surface area contributed by atoms with Crippen molar-refractivity contribution in [1.29, 1.82) is 0 Å². The van der Waals surface area contributed by atoms with Gasteiger partial charge in [0.2, 0.25) is 0 Å². The summed E-state index contributed by atoms with van der Waals surface area (Å²) in [7, 11) is 0. The SMILES string of the molecule is CC(Cc1ccc(F)cc1)NCc1cnn2ccccc12. The molecule has 0 aliphatic rings. The molecule has 2 heterocycles. The van der Waals surface area contributed by atoms with E-state index in [1.807, 2.05) is 41.2 Å². The van der Waals surface area contributed by atoms with E-state index in [1.165, 1.54) is 17.7 Å². The Bertz CT molecular complexity index is 718. The third-order valence-corrected chi connectivity index (χ3v) is 3.60. The minimum atomic E-state index is -0.189. The topological polar surface area (TPSA) is 29.3 Å². The predicted octanol–water partition coefficient (Wildman–Crippen LogP) is 3.19. The first-order valence-corrected chi connectivity index (χ1v) is 7.11. The molecule has 1 aromatic carbocycles. The number of rotatable bonds is 5. The van der Waals surface area contributed by atoms with Crippen molar-refractivity contribution in [3.8, 4) is 0 Å². The fraction of sp³-hybridized carbons (Fsp3) is 0.235. The molecule has 0 aliphatic heterocycles. The quantitative estimate of drug-likeness (QED) is 0.779. The third-order valence-electron chi connectivity index (χ3n) is 3.60. The second-order valence-electron chi connectivity index (χ2n) is 5.31. The summed E-state index contributed by atoms with van der Waals surface area (Å²) in [6.07, 6.45) is 4.72. The van der Waals surface area contributed by atoms with Crippen LogP contribution in [0.3, 0.4) is 0 Å². The molecule has 21 heavy (non-hydrogen) atoms. The molecule has 0 bridgehead atoms. The fourth-order valence-electron chi connectivity index (χ4n) is 2.45. The smallest absolute Gasteiger partial charge is 0.123 e. The maximum atomic E-state index is 12.9. The van der Waals surface area contributed by atoms with Crippen LogP contribution in [0.2, 0.25) is 0 Å². The van der Waals surface area contributed by atoms with Crippen molar-refractivity contribution in [3.63, 3.8) is 0 Å². The minimum Gasteiger partial charge on any atom is -0.310 e. The van der Waals surface area contributed by atoms with Crippen molar-refractivity contribution < 1.29 is 4.39 Å². The van der Waals surface area contributed by atoms with Crippen LogP contribution in [0, 0.1) is 5.82 Å². The summed E-state index contributed by atoms with van der Waals surface area (Å²) in [5, 5.41) is 7.82. The van der Waals surface area contributed by atoms with Gasteiger partial charge in [0.15, 0.2) is 0 Å². The molecule has 108 valence electrons. The molecule has 0 aliphatic carbocycles. The Labute approximate surface area is 123 Å². The summed E-state index contributed by atoms with van der Waals surface area (Å²) >= 11 is 0. The van der Waals surface area contributed by atoms with Gasteiger partial charge in [-0.2, -0.15) is 5.10 Å². The van der Waals surface area contributed by atoms with E-state index >= 15 is 0 Å². The van der Waals surface area contributed by atoms with E-state index in [1.54, 1.807) is 0 Å². The van der Waals surface area contributed by atoms with Crippen LogP contribution in [0.25, 0.3) is 5.52 Å². The molecule has 3 aromatic rings. The largest absolute Gasteiger partial charge is 0.310 e. The molecule has 4 heteroatoms. The second kappa shape index (κ2) is 6.06. The molecule has 3 nitrogen and oxygen atoms in total. The van der Waals surface area contributed by atoms with Crippen LogP contribution < -0.4 is 5.32 Å². The van der Waals surface area contributed by atoms with Gasteiger partial charge >= 0.3 is 0 Å². The van der Waals surface area contributed by atoms with Crippen LogP contribution in [0.1, 0.15) is 18.1 Å². The summed E-state index contributed by atoms with van der Waals surface area (Å²) in [6, 6.07) is 13.0. The molecule has 0 spiro atoms. The number of benzene rings is 1. The van der Waals surface area contributed by atoms with Crippen molar-refractivity contribution in [2.75, 3.05) is 0 Å². The lowest BCUT2D eigenvalue weighted by Gasteiger charge is -2.13. The highest BCUT2D eigenvalue weighted by Crippen LogP contribution is 2.11. The van der Waals surface area contributed by atoms with E-state index in [4.69, 9.17) is 0 Å². The summed E-state index contributed by atoms with van der Waals surface area (Å²) < 4.78 is 14.8. The number of fused-ring (bicyclic) bond motifs is 1. The lowest BCUT2D eigenvalue weighted by Crippen LogP contribution is -2.27. The zero-order valence-electron chi connectivity index (χ0n) is 12.0. The van der Waals surface area contributed by atoms with Crippen molar-refractivity contribution in [2.24, 2.45) is 0 Å². The summed E-state index contributed by atoms with van der Waals surface area (Å²) in [6.45, 7) is 2.91. The molecule has 1 atom stereocenters. The van der Waals surface area contributed by atoms with Crippen LogP contribution in [0.5, 0.6) is 0 Å². The van der Waals surface area contributed by atoms with Gasteiger partial charge in [-0.3, -0.25) is 0 Å². The number of pyridine rings is 1. The minimum absolute atomic E-state index is 0.189. The highest BCUT2D eigenvalue weighted by Gasteiger charge is 2.07. The Balaban J connectivity index is 1.60.